The molecule has 9 nitrogen and oxygen atoms in total. The molecule has 3 heterocycles. The molecule has 0 fully saturated rings. The molecule has 1 amide bonds. The van der Waals surface area contributed by atoms with E-state index < -0.39 is 0 Å². The molecule has 4 aromatic rings. The number of carbonyl (C=O) groups is 1. The molecule has 1 N–H and O–H groups in total. The van der Waals surface area contributed by atoms with Gasteiger partial charge in [-0.3, -0.25) is 4.79 Å². The second-order valence-corrected chi connectivity index (χ2v) is 8.55. The summed E-state index contributed by atoms with van der Waals surface area (Å²) in [4.78, 5) is 25.0. The second kappa shape index (κ2) is 9.89. The van der Waals surface area contributed by atoms with Crippen molar-refractivity contribution in [1.82, 2.24) is 29.1 Å². The van der Waals surface area contributed by atoms with Crippen LogP contribution in [0.15, 0.2) is 47.5 Å². The highest BCUT2D eigenvalue weighted by Crippen LogP contribution is 2.24. The number of unbranched alkanes of at least 4 members (excludes halogenated alkanes) is 1. The molecule has 0 saturated heterocycles. The van der Waals surface area contributed by atoms with Gasteiger partial charge in [-0.05, 0) is 49.1 Å². The van der Waals surface area contributed by atoms with E-state index in [1.54, 1.807) is 16.9 Å². The van der Waals surface area contributed by atoms with E-state index in [1.807, 2.05) is 30.3 Å². The Balaban J connectivity index is 1.57. The first-order valence-electron chi connectivity index (χ1n) is 11.4. The number of amides is 1. The molecule has 0 aliphatic rings. The van der Waals surface area contributed by atoms with Gasteiger partial charge in [0.25, 0.3) is 0 Å². The lowest BCUT2D eigenvalue weighted by molar-refractivity contribution is -0.121. The van der Waals surface area contributed by atoms with Crippen LogP contribution in [-0.4, -0.2) is 42.9 Å². The third-order valence-electron chi connectivity index (χ3n) is 5.45. The van der Waals surface area contributed by atoms with Gasteiger partial charge in [-0.15, -0.1) is 5.10 Å². The highest BCUT2D eigenvalue weighted by atomic mass is 16.5. The van der Waals surface area contributed by atoms with E-state index in [9.17, 15) is 9.59 Å². The van der Waals surface area contributed by atoms with Crippen molar-refractivity contribution in [2.45, 2.75) is 46.6 Å². The maximum absolute atomic E-state index is 12.8. The topological polar surface area (TPSA) is 94.9 Å². The van der Waals surface area contributed by atoms with Gasteiger partial charge < -0.3 is 10.1 Å². The summed E-state index contributed by atoms with van der Waals surface area (Å²) in [6.07, 6.45) is 6.33. The van der Waals surface area contributed by atoms with E-state index in [1.165, 1.54) is 9.08 Å². The Labute approximate surface area is 192 Å². The lowest BCUT2D eigenvalue weighted by atomic mass is 10.1. The van der Waals surface area contributed by atoms with E-state index in [-0.39, 0.29) is 18.1 Å². The van der Waals surface area contributed by atoms with Gasteiger partial charge in [-0.2, -0.15) is 5.10 Å². The molecular formula is C24H30N6O3. The zero-order valence-corrected chi connectivity index (χ0v) is 19.3. The molecule has 33 heavy (non-hydrogen) atoms. The first-order chi connectivity index (χ1) is 16.0. The van der Waals surface area contributed by atoms with Crippen LogP contribution in [0.3, 0.4) is 0 Å². The summed E-state index contributed by atoms with van der Waals surface area (Å²) >= 11 is 0. The molecule has 0 aliphatic carbocycles. The minimum Gasteiger partial charge on any atom is -0.494 e. The van der Waals surface area contributed by atoms with Gasteiger partial charge in [0.15, 0.2) is 5.65 Å². The van der Waals surface area contributed by atoms with Gasteiger partial charge in [-0.25, -0.2) is 18.4 Å². The number of hydrogen-bond donors (Lipinski definition) is 1. The van der Waals surface area contributed by atoms with Gasteiger partial charge in [0, 0.05) is 24.5 Å². The minimum absolute atomic E-state index is 0.120. The predicted molar refractivity (Wildman–Crippen MR) is 127 cm³/mol. The Morgan fingerprint density at radius 3 is 2.67 bits per heavy atom. The van der Waals surface area contributed by atoms with Crippen molar-refractivity contribution in [1.29, 1.82) is 0 Å². The summed E-state index contributed by atoms with van der Waals surface area (Å²) in [7, 11) is 0. The normalized spacial score (nSPS) is 11.5. The molecule has 1 aromatic carbocycles. The predicted octanol–water partition coefficient (Wildman–Crippen LogP) is 3.15. The second-order valence-electron chi connectivity index (χ2n) is 8.55. The molecule has 0 unspecified atom stereocenters. The molecule has 0 spiro atoms. The molecule has 0 aliphatic heterocycles. The van der Waals surface area contributed by atoms with Crippen molar-refractivity contribution in [2.24, 2.45) is 5.92 Å². The van der Waals surface area contributed by atoms with Crippen molar-refractivity contribution in [3.05, 3.63) is 53.2 Å². The van der Waals surface area contributed by atoms with Crippen LogP contribution in [-0.2, 0) is 11.3 Å². The Morgan fingerprint density at radius 1 is 1.15 bits per heavy atom. The molecule has 4 rings (SSSR count). The molecule has 174 valence electrons. The maximum atomic E-state index is 12.8. The Kier molecular flexibility index (Phi) is 6.76. The Morgan fingerprint density at radius 2 is 1.94 bits per heavy atom. The van der Waals surface area contributed by atoms with Crippen LogP contribution in [0.4, 0.5) is 0 Å². The average Bonchev–Trinajstić information content (AvgIpc) is 3.36. The first-order valence-corrected chi connectivity index (χ1v) is 11.4. The third-order valence-corrected chi connectivity index (χ3v) is 5.45. The zero-order chi connectivity index (χ0) is 23.4. The first kappa shape index (κ1) is 22.6. The quantitative estimate of drug-likeness (QED) is 0.375. The summed E-state index contributed by atoms with van der Waals surface area (Å²) in [5, 5.41) is 11.9. The van der Waals surface area contributed by atoms with E-state index in [0.717, 1.165) is 36.3 Å². The Bertz CT molecular complexity index is 1300. The lowest BCUT2D eigenvalue weighted by Crippen LogP contribution is -2.33. The SMILES string of the molecule is CCCCOc1ccc(-c2cc3c4nn(CC(=O)NCCC(C)C)c(=O)n4ccn3n2)cc1. The lowest BCUT2D eigenvalue weighted by Gasteiger charge is -2.06. The number of ether oxygens (including phenoxy) is 1. The van der Waals surface area contributed by atoms with Crippen molar-refractivity contribution in [3.63, 3.8) is 0 Å². The van der Waals surface area contributed by atoms with Crippen LogP contribution in [0.25, 0.3) is 22.4 Å². The highest BCUT2D eigenvalue weighted by Gasteiger charge is 2.15. The molecular weight excluding hydrogens is 420 g/mol. The fourth-order valence-corrected chi connectivity index (χ4v) is 3.53. The number of fused-ring (bicyclic) bond motifs is 3. The Hall–Kier alpha value is -3.62. The molecule has 0 radical (unpaired) electrons. The molecule has 0 saturated carbocycles. The van der Waals surface area contributed by atoms with Gasteiger partial charge in [0.2, 0.25) is 5.91 Å². The minimum atomic E-state index is -0.358. The standard InChI is InChI=1S/C24H30N6O3/c1-4-5-14-33-19-8-6-18(7-9-19)20-15-21-23-27-30(16-22(31)25-11-10-17(2)3)24(32)28(23)12-13-29(21)26-20/h6-9,12-13,15,17H,4-5,10-11,14,16H2,1-3H3,(H,25,31). The largest absolute Gasteiger partial charge is 0.494 e. The number of carbonyl (C=O) groups excluding carboxylic acids is 1. The van der Waals surface area contributed by atoms with Gasteiger partial charge in [0.05, 0.1) is 12.3 Å². The smallest absolute Gasteiger partial charge is 0.350 e. The molecule has 0 bridgehead atoms. The number of nitrogens with zero attached hydrogens (tertiary/aromatic N) is 5. The summed E-state index contributed by atoms with van der Waals surface area (Å²) in [6, 6.07) is 9.68. The van der Waals surface area contributed by atoms with Crippen molar-refractivity contribution >= 4 is 17.1 Å². The summed E-state index contributed by atoms with van der Waals surface area (Å²) < 4.78 is 10.0. The molecule has 0 atom stereocenters. The fourth-order valence-electron chi connectivity index (χ4n) is 3.53. The maximum Gasteiger partial charge on any atom is 0.350 e. The number of benzene rings is 1. The summed E-state index contributed by atoms with van der Waals surface area (Å²) in [5.41, 5.74) is 2.48. The zero-order valence-electron chi connectivity index (χ0n) is 19.3. The van der Waals surface area contributed by atoms with E-state index in [4.69, 9.17) is 4.74 Å². The van der Waals surface area contributed by atoms with Crippen LogP contribution in [0.1, 0.15) is 40.0 Å². The van der Waals surface area contributed by atoms with Crippen LogP contribution in [0.5, 0.6) is 5.75 Å². The van der Waals surface area contributed by atoms with E-state index >= 15 is 0 Å². The van der Waals surface area contributed by atoms with Crippen molar-refractivity contribution < 1.29 is 9.53 Å². The van der Waals surface area contributed by atoms with Gasteiger partial charge >= 0.3 is 5.69 Å². The van der Waals surface area contributed by atoms with Crippen molar-refractivity contribution in [2.75, 3.05) is 13.2 Å². The number of hydrogen-bond acceptors (Lipinski definition) is 5. The molecule has 9 heteroatoms. The average molecular weight is 451 g/mol. The van der Waals surface area contributed by atoms with E-state index in [0.29, 0.717) is 30.2 Å². The summed E-state index contributed by atoms with van der Waals surface area (Å²) in [5.74, 6) is 1.10. The van der Waals surface area contributed by atoms with Crippen LogP contribution in [0.2, 0.25) is 0 Å². The fraction of sp³-hybridized carbons (Fsp3) is 0.417. The van der Waals surface area contributed by atoms with Gasteiger partial charge in [-0.1, -0.05) is 27.2 Å². The van der Waals surface area contributed by atoms with Gasteiger partial charge in [0.1, 0.15) is 17.8 Å². The number of aromatic nitrogens is 5. The monoisotopic (exact) mass is 450 g/mol. The number of rotatable bonds is 10. The summed E-state index contributed by atoms with van der Waals surface area (Å²) in [6.45, 7) is 7.49. The van der Waals surface area contributed by atoms with E-state index in [2.05, 4.69) is 36.3 Å². The highest BCUT2D eigenvalue weighted by molar-refractivity contribution is 5.77. The van der Waals surface area contributed by atoms with Crippen LogP contribution in [0, 0.1) is 5.92 Å². The van der Waals surface area contributed by atoms with Crippen LogP contribution >= 0.6 is 0 Å². The number of nitrogens with one attached hydrogen (secondary N) is 1. The van der Waals surface area contributed by atoms with Crippen molar-refractivity contribution in [3.8, 4) is 17.0 Å². The van der Waals surface area contributed by atoms with Crippen LogP contribution < -0.4 is 15.7 Å². The molecule has 3 aromatic heterocycles. The third kappa shape index (κ3) is 5.08.